The van der Waals surface area contributed by atoms with Crippen LogP contribution in [0.1, 0.15) is 241 Å². The van der Waals surface area contributed by atoms with Gasteiger partial charge in [-0.3, -0.25) is 17.3 Å². The van der Waals surface area contributed by atoms with E-state index in [1.54, 1.807) is 36.7 Å². The average molecular weight is 1410 g/mol. The number of ether oxygens (including phenoxy) is 2. The Hall–Kier alpha value is -7.55. The zero-order chi connectivity index (χ0) is 71.3. The predicted octanol–water partition coefficient (Wildman–Crippen LogP) is 26.0. The molecule has 2 aliphatic heterocycles. The fourth-order valence-corrected chi connectivity index (χ4v) is 18.0. The summed E-state index contributed by atoms with van der Waals surface area (Å²) in [5.41, 5.74) is 10.8. The van der Waals surface area contributed by atoms with Gasteiger partial charge in [-0.2, -0.15) is 0 Å². The Morgan fingerprint density at radius 1 is 0.402 bits per heavy atom. The van der Waals surface area contributed by atoms with Crippen molar-refractivity contribution in [1.29, 1.82) is 0 Å². The third-order valence-electron chi connectivity index (χ3n) is 21.7. The normalized spacial score (nSPS) is 16.1. The van der Waals surface area contributed by atoms with E-state index in [4.69, 9.17) is 29.4 Å². The third-order valence-corrected chi connectivity index (χ3v) is 23.9. The minimum Gasteiger partial charge on any atom is -0.489 e. The molecule has 0 N–H and O–H groups in total. The van der Waals surface area contributed by atoms with Crippen LogP contribution in [0.3, 0.4) is 0 Å². The van der Waals surface area contributed by atoms with Gasteiger partial charge < -0.3 is 19.1 Å². The van der Waals surface area contributed by atoms with Crippen LogP contribution in [0.4, 0.5) is 28.9 Å². The van der Waals surface area contributed by atoms with Crippen LogP contribution in [0.25, 0.3) is 54.5 Å². The first-order valence-electron chi connectivity index (χ1n) is 38.3. The van der Waals surface area contributed by atoms with Gasteiger partial charge in [0, 0.05) is 33.0 Å². The summed E-state index contributed by atoms with van der Waals surface area (Å²) in [6, 6.07) is 44.6. The van der Waals surface area contributed by atoms with E-state index in [1.807, 2.05) is 24.3 Å². The number of thiophene rings is 2. The molecular formula is C86H102B2F4N6O2S2. The molecule has 0 amide bonds. The van der Waals surface area contributed by atoms with E-state index in [2.05, 4.69) is 140 Å². The molecule has 4 aromatic heterocycles. The Bertz CT molecular complexity index is 4040. The summed E-state index contributed by atoms with van der Waals surface area (Å²) in [5.74, 6) is 0.788. The van der Waals surface area contributed by atoms with Gasteiger partial charge in [-0.05, 0) is 154 Å². The average Bonchev–Trinajstić information content (AvgIpc) is 1.54. The zero-order valence-electron chi connectivity index (χ0n) is 61.4. The van der Waals surface area contributed by atoms with Crippen molar-refractivity contribution in [2.75, 3.05) is 13.2 Å². The van der Waals surface area contributed by atoms with Crippen LogP contribution >= 0.6 is 22.7 Å². The Balaban J connectivity index is 1.02. The van der Waals surface area contributed by atoms with Crippen LogP contribution in [0.5, 0.6) is 11.5 Å². The smallest absolute Gasteiger partial charge is 0.489 e. The molecule has 6 heterocycles. The lowest BCUT2D eigenvalue weighted by molar-refractivity contribution is 0.224. The van der Waals surface area contributed by atoms with Crippen molar-refractivity contribution in [3.8, 4) is 54.6 Å². The molecule has 102 heavy (non-hydrogen) atoms. The first kappa shape index (κ1) is 74.2. The fourth-order valence-electron chi connectivity index (χ4n) is 15.9. The van der Waals surface area contributed by atoms with Crippen molar-refractivity contribution in [1.82, 2.24) is 19.6 Å². The predicted molar refractivity (Wildman–Crippen MR) is 422 cm³/mol. The number of unbranched alkanes of at least 4 members (excludes halogenated alkanes) is 16. The van der Waals surface area contributed by atoms with Gasteiger partial charge in [-0.15, -0.1) is 22.7 Å². The summed E-state index contributed by atoms with van der Waals surface area (Å²) >= 11 is 2.67. The number of benzene rings is 4. The molecule has 12 rings (SSSR count). The second kappa shape index (κ2) is 34.4. The maximum Gasteiger partial charge on any atom is 0.679 e. The molecule has 534 valence electrons. The number of fused-ring (bicyclic) bond motifs is 7. The van der Waals surface area contributed by atoms with Gasteiger partial charge in [0.2, 0.25) is 0 Å². The number of nitrogens with zero attached hydrogens (tertiary/aromatic N) is 6. The summed E-state index contributed by atoms with van der Waals surface area (Å²) in [4.78, 5) is 24.5. The van der Waals surface area contributed by atoms with E-state index < -0.39 is 14.8 Å². The van der Waals surface area contributed by atoms with Crippen molar-refractivity contribution in [3.05, 3.63) is 189 Å². The van der Waals surface area contributed by atoms with Gasteiger partial charge in [0.05, 0.1) is 45.5 Å². The van der Waals surface area contributed by atoms with Crippen LogP contribution < -0.4 is 9.47 Å². The van der Waals surface area contributed by atoms with Crippen molar-refractivity contribution in [3.63, 3.8) is 0 Å². The van der Waals surface area contributed by atoms with Crippen molar-refractivity contribution in [2.45, 2.75) is 220 Å². The molecule has 4 aromatic carbocycles. The number of aliphatic imine (C=N–C) groups is 2. The van der Waals surface area contributed by atoms with Gasteiger partial charge in [0.1, 0.15) is 11.7 Å². The molecule has 0 fully saturated rings. The summed E-state index contributed by atoms with van der Waals surface area (Å²) in [7, 11) is -6.47. The highest BCUT2D eigenvalue weighted by atomic mass is 32.1. The molecule has 0 saturated carbocycles. The maximum atomic E-state index is 17.5. The van der Waals surface area contributed by atoms with E-state index in [9.17, 15) is 0 Å². The molecule has 4 aliphatic rings. The van der Waals surface area contributed by atoms with Crippen LogP contribution in [-0.2, 0) is 10.8 Å². The Labute approximate surface area is 613 Å². The maximum absolute atomic E-state index is 17.5. The summed E-state index contributed by atoms with van der Waals surface area (Å²) in [6.07, 6.45) is 30.4. The molecule has 0 bridgehead atoms. The molecule has 2 atom stereocenters. The summed E-state index contributed by atoms with van der Waals surface area (Å²) < 4.78 is 83.5. The molecular weight excluding hydrogens is 1310 g/mol. The second-order valence-electron chi connectivity index (χ2n) is 29.6. The van der Waals surface area contributed by atoms with E-state index in [0.29, 0.717) is 34.5 Å². The molecule has 2 aliphatic carbocycles. The number of pyridine rings is 2. The Morgan fingerprint density at radius 3 is 1.13 bits per heavy atom. The summed E-state index contributed by atoms with van der Waals surface area (Å²) in [6.45, 7) is 18.7. The number of rotatable bonds is 38. The van der Waals surface area contributed by atoms with Crippen LogP contribution in [0, 0.1) is 11.8 Å². The molecule has 16 heteroatoms. The molecule has 8 aromatic rings. The largest absolute Gasteiger partial charge is 0.679 e. The van der Waals surface area contributed by atoms with E-state index in [0.717, 1.165) is 143 Å². The molecule has 8 nitrogen and oxygen atoms in total. The highest BCUT2D eigenvalue weighted by Gasteiger charge is 2.54. The van der Waals surface area contributed by atoms with Crippen molar-refractivity contribution >= 4 is 72.2 Å². The van der Waals surface area contributed by atoms with Gasteiger partial charge in [-0.25, -0.2) is 20.0 Å². The van der Waals surface area contributed by atoms with Crippen molar-refractivity contribution < 1.29 is 26.7 Å². The number of amidine groups is 2. The first-order chi connectivity index (χ1) is 49.7. The summed E-state index contributed by atoms with van der Waals surface area (Å²) in [5, 5.41) is 0. The molecule has 0 radical (unpaired) electrons. The van der Waals surface area contributed by atoms with Crippen LogP contribution in [0.15, 0.2) is 167 Å². The molecule has 0 spiro atoms. The van der Waals surface area contributed by atoms with E-state index in [-0.39, 0.29) is 68.5 Å². The number of halogens is 4. The number of hydrogen-bond donors (Lipinski definition) is 0. The molecule has 0 saturated heterocycles. The van der Waals surface area contributed by atoms with Gasteiger partial charge in [0.15, 0.2) is 23.1 Å². The zero-order valence-corrected chi connectivity index (χ0v) is 63.0. The minimum atomic E-state index is -3.23. The number of hydrogen-bond acceptors (Lipinski definition) is 8. The first-order valence-corrected chi connectivity index (χ1v) is 40.0. The molecule has 2 unspecified atom stereocenters. The lowest BCUT2D eigenvalue weighted by Crippen LogP contribution is -2.38. The van der Waals surface area contributed by atoms with E-state index in [1.165, 1.54) is 109 Å². The highest BCUT2D eigenvalue weighted by molar-refractivity contribution is 7.17. The van der Waals surface area contributed by atoms with Crippen LogP contribution in [-0.4, -0.2) is 59.3 Å². The lowest BCUT2D eigenvalue weighted by Gasteiger charge is -2.25. The van der Waals surface area contributed by atoms with Gasteiger partial charge in [0.25, 0.3) is 0 Å². The van der Waals surface area contributed by atoms with Crippen LogP contribution in [0.2, 0.25) is 0 Å². The minimum absolute atomic E-state index is 0.00514. The monoisotopic (exact) mass is 1410 g/mol. The number of aromatic nitrogens is 2. The SMILES string of the molecule is CCCCCCCCC(CCCCCC)COc1cccnc1/N=C1/C2=C(c3ccc(-c4ccc5c(c4)C(C)(C)c4ccccc4-5)s3)N(B(F)F)/C(=N\c3ncccc3OCC(CCCCCC)CCCCCCCC)C2=C(c2ccc(-c3ccc4c(c3)C(C)(C)c3ccccc3-4)s2)N1B(F)F. The Kier molecular flexibility index (Phi) is 25.0. The quantitative estimate of drug-likeness (QED) is 0.0218. The topological polar surface area (TPSA) is 75.4 Å². The third kappa shape index (κ3) is 16.2. The Morgan fingerprint density at radius 2 is 0.745 bits per heavy atom. The second-order valence-corrected chi connectivity index (χ2v) is 31.8. The fraction of sp³-hybridized carbons (Fsp3) is 0.442. The van der Waals surface area contributed by atoms with Crippen molar-refractivity contribution in [2.24, 2.45) is 21.8 Å². The standard InChI is InChI=1S/C86H102B2F4N6O2S2/c1-9-13-17-21-23-27-37-59(35-25-19-15-11-3)57-99-71-43-33-53-93-81(71)95-83-77-78(80(97(83)87(89)90)76-52-50-74(102-76)62-46-48-66-64-40-30-32-42-68(64)86(7,8)70(66)56-62)84(96-82-72(44-34-54-94-82)100-58-60(36-26-20-16-12-4)38-28-24-22-18-14-10-2)98(88(91)92)79(77)75-51-49-73(101-75)61-45-47-65-63-39-29-31-41-67(63)85(5,6)69(65)55-61/h29-34,39-56,59-60H,9-28,35-38,57-58H2,1-8H3/b95-83-,96-84-. The highest BCUT2D eigenvalue weighted by Crippen LogP contribution is 2.56. The lowest BCUT2D eigenvalue weighted by atomic mass is 9.82. The van der Waals surface area contributed by atoms with Gasteiger partial charge in [-0.1, -0.05) is 257 Å². The van der Waals surface area contributed by atoms with E-state index >= 15 is 17.3 Å². The van der Waals surface area contributed by atoms with Gasteiger partial charge >= 0.3 is 14.8 Å².